The van der Waals surface area contributed by atoms with Gasteiger partial charge in [-0.1, -0.05) is 0 Å². The third kappa shape index (κ3) is 3.55. The summed E-state index contributed by atoms with van der Waals surface area (Å²) in [6.07, 6.45) is 8.24. The van der Waals surface area contributed by atoms with Gasteiger partial charge in [0.05, 0.1) is 29.3 Å². The highest BCUT2D eigenvalue weighted by atomic mass is 16.1. The summed E-state index contributed by atoms with van der Waals surface area (Å²) in [5, 5.41) is 0.692. The molecule has 7 nitrogen and oxygen atoms in total. The van der Waals surface area contributed by atoms with E-state index in [1.54, 1.807) is 10.9 Å². The number of nitrogens with zero attached hydrogens (tertiary/aromatic N) is 6. The van der Waals surface area contributed by atoms with Crippen LogP contribution in [0.3, 0.4) is 0 Å². The van der Waals surface area contributed by atoms with Crippen LogP contribution in [-0.2, 0) is 6.54 Å². The molecule has 3 aromatic rings. The van der Waals surface area contributed by atoms with E-state index >= 15 is 0 Å². The van der Waals surface area contributed by atoms with Crippen molar-refractivity contribution >= 4 is 16.6 Å². The van der Waals surface area contributed by atoms with Crippen LogP contribution in [0.2, 0.25) is 0 Å². The molecule has 1 saturated heterocycles. The van der Waals surface area contributed by atoms with E-state index < -0.39 is 0 Å². The smallest absolute Gasteiger partial charge is 0.261 e. The molecule has 152 valence electrons. The largest absolute Gasteiger partial charge is 0.369 e. The summed E-state index contributed by atoms with van der Waals surface area (Å²) < 4.78 is 4.04. The van der Waals surface area contributed by atoms with Gasteiger partial charge in [0.15, 0.2) is 0 Å². The standard InChI is InChI=1S/C22H28N6O/c1-16(2)27-15-24-21-11-18(5-6-20(21)22(27)29)26-9-7-25(8-10-26)13-19-12-23-14-28(19)17-3-4-17/h5-6,11-12,14-17H,3-4,7-10,13H2,1-2H3. The molecule has 2 fully saturated rings. The highest BCUT2D eigenvalue weighted by Crippen LogP contribution is 2.35. The van der Waals surface area contributed by atoms with Crippen LogP contribution in [0.5, 0.6) is 0 Å². The summed E-state index contributed by atoms with van der Waals surface area (Å²) in [5.74, 6) is 0. The van der Waals surface area contributed by atoms with E-state index in [1.165, 1.54) is 18.5 Å². The molecule has 0 radical (unpaired) electrons. The lowest BCUT2D eigenvalue weighted by atomic mass is 10.2. The van der Waals surface area contributed by atoms with Gasteiger partial charge in [0.25, 0.3) is 5.56 Å². The van der Waals surface area contributed by atoms with Gasteiger partial charge in [0, 0.05) is 56.7 Å². The van der Waals surface area contributed by atoms with E-state index in [4.69, 9.17) is 0 Å². The number of anilines is 1. The number of piperazine rings is 1. The lowest BCUT2D eigenvalue weighted by Gasteiger charge is -2.36. The maximum absolute atomic E-state index is 12.6. The molecule has 5 rings (SSSR count). The molecule has 0 spiro atoms. The van der Waals surface area contributed by atoms with Crippen molar-refractivity contribution in [1.29, 1.82) is 0 Å². The zero-order chi connectivity index (χ0) is 20.0. The van der Waals surface area contributed by atoms with Crippen molar-refractivity contribution in [2.75, 3.05) is 31.1 Å². The third-order valence-electron chi connectivity index (χ3n) is 6.13. The fourth-order valence-electron chi connectivity index (χ4n) is 4.22. The van der Waals surface area contributed by atoms with Gasteiger partial charge in [-0.25, -0.2) is 9.97 Å². The van der Waals surface area contributed by atoms with Crippen molar-refractivity contribution < 1.29 is 0 Å². The zero-order valence-corrected chi connectivity index (χ0v) is 17.2. The van der Waals surface area contributed by atoms with Crippen molar-refractivity contribution in [2.24, 2.45) is 0 Å². The normalized spacial score (nSPS) is 18.1. The van der Waals surface area contributed by atoms with Crippen LogP contribution in [0, 0.1) is 0 Å². The van der Waals surface area contributed by atoms with E-state index in [0.717, 1.165) is 43.9 Å². The molecule has 0 amide bonds. The summed E-state index contributed by atoms with van der Waals surface area (Å²) in [6.45, 7) is 8.98. The number of fused-ring (bicyclic) bond motifs is 1. The number of aromatic nitrogens is 4. The van der Waals surface area contributed by atoms with Gasteiger partial charge in [0.1, 0.15) is 0 Å². The maximum atomic E-state index is 12.6. The minimum absolute atomic E-state index is 0.0358. The first-order chi connectivity index (χ1) is 14.1. The summed E-state index contributed by atoms with van der Waals surface area (Å²) in [6, 6.07) is 6.84. The first kappa shape index (κ1) is 18.4. The summed E-state index contributed by atoms with van der Waals surface area (Å²) in [5.41, 5.74) is 3.29. The fraction of sp³-hybridized carbons (Fsp3) is 0.500. The number of hydrogen-bond donors (Lipinski definition) is 0. The van der Waals surface area contributed by atoms with Crippen LogP contribution in [0.1, 0.15) is 44.5 Å². The molecule has 29 heavy (non-hydrogen) atoms. The number of hydrogen-bond acceptors (Lipinski definition) is 5. The summed E-state index contributed by atoms with van der Waals surface area (Å²) >= 11 is 0. The Kier molecular flexibility index (Phi) is 4.62. The van der Waals surface area contributed by atoms with Crippen LogP contribution in [0.25, 0.3) is 10.9 Å². The molecule has 3 heterocycles. The molecule has 0 N–H and O–H groups in total. The zero-order valence-electron chi connectivity index (χ0n) is 17.2. The van der Waals surface area contributed by atoms with Gasteiger partial charge in [-0.05, 0) is 44.9 Å². The van der Waals surface area contributed by atoms with Gasteiger partial charge >= 0.3 is 0 Å². The Morgan fingerprint density at radius 1 is 1.10 bits per heavy atom. The van der Waals surface area contributed by atoms with Crippen LogP contribution >= 0.6 is 0 Å². The van der Waals surface area contributed by atoms with Crippen molar-refractivity contribution in [3.8, 4) is 0 Å². The average Bonchev–Trinajstić information content (AvgIpc) is 3.47. The lowest BCUT2D eigenvalue weighted by molar-refractivity contribution is 0.244. The minimum atomic E-state index is 0.0358. The monoisotopic (exact) mass is 392 g/mol. The Balaban J connectivity index is 1.28. The molecular formula is C22H28N6O. The first-order valence-electron chi connectivity index (χ1n) is 10.6. The molecule has 1 saturated carbocycles. The Hall–Kier alpha value is -2.67. The number of imidazole rings is 1. The average molecular weight is 393 g/mol. The van der Waals surface area contributed by atoms with Crippen LogP contribution in [0.15, 0.2) is 41.8 Å². The maximum Gasteiger partial charge on any atom is 0.261 e. The molecule has 0 unspecified atom stereocenters. The van der Waals surface area contributed by atoms with Gasteiger partial charge in [-0.2, -0.15) is 0 Å². The third-order valence-corrected chi connectivity index (χ3v) is 6.13. The molecule has 0 bridgehead atoms. The minimum Gasteiger partial charge on any atom is -0.369 e. The second kappa shape index (κ2) is 7.30. The van der Waals surface area contributed by atoms with Gasteiger partial charge in [0.2, 0.25) is 0 Å². The highest BCUT2D eigenvalue weighted by molar-refractivity contribution is 5.81. The van der Waals surface area contributed by atoms with E-state index in [2.05, 4.69) is 36.5 Å². The lowest BCUT2D eigenvalue weighted by Crippen LogP contribution is -2.46. The second-order valence-electron chi connectivity index (χ2n) is 8.54. The Morgan fingerprint density at radius 2 is 1.90 bits per heavy atom. The van der Waals surface area contributed by atoms with E-state index in [1.807, 2.05) is 32.4 Å². The van der Waals surface area contributed by atoms with Gasteiger partial charge < -0.3 is 9.47 Å². The second-order valence-corrected chi connectivity index (χ2v) is 8.54. The highest BCUT2D eigenvalue weighted by Gasteiger charge is 2.26. The molecule has 7 heteroatoms. The summed E-state index contributed by atoms with van der Waals surface area (Å²) in [4.78, 5) is 26.4. The van der Waals surface area contributed by atoms with Crippen molar-refractivity contribution in [3.63, 3.8) is 0 Å². The Morgan fingerprint density at radius 3 is 2.62 bits per heavy atom. The number of benzene rings is 1. The van der Waals surface area contributed by atoms with Crippen LogP contribution < -0.4 is 10.5 Å². The van der Waals surface area contributed by atoms with Crippen molar-refractivity contribution in [1.82, 2.24) is 24.0 Å². The van der Waals surface area contributed by atoms with Crippen LogP contribution in [0.4, 0.5) is 5.69 Å². The molecule has 2 aromatic heterocycles. The quantitative estimate of drug-likeness (QED) is 0.668. The fourth-order valence-corrected chi connectivity index (χ4v) is 4.22. The van der Waals surface area contributed by atoms with Crippen molar-refractivity contribution in [2.45, 2.75) is 45.3 Å². The van der Waals surface area contributed by atoms with Gasteiger partial charge in [-0.15, -0.1) is 0 Å². The van der Waals surface area contributed by atoms with E-state index in [9.17, 15) is 4.79 Å². The Bertz CT molecular complexity index is 1070. The topological polar surface area (TPSA) is 59.2 Å². The number of rotatable bonds is 5. The molecule has 1 aliphatic carbocycles. The predicted octanol–water partition coefficient (Wildman–Crippen LogP) is 2.83. The van der Waals surface area contributed by atoms with Gasteiger partial charge in [-0.3, -0.25) is 14.3 Å². The Labute approximate surface area is 170 Å². The molecule has 0 atom stereocenters. The molecule has 2 aliphatic rings. The van der Waals surface area contributed by atoms with E-state index in [0.29, 0.717) is 11.4 Å². The first-order valence-corrected chi connectivity index (χ1v) is 10.6. The SMILES string of the molecule is CC(C)n1cnc2cc(N3CCN(Cc4cncn4C4CC4)CC3)ccc2c1=O. The molecular weight excluding hydrogens is 364 g/mol. The van der Waals surface area contributed by atoms with Crippen molar-refractivity contribution in [3.05, 3.63) is 53.1 Å². The van der Waals surface area contributed by atoms with Crippen LogP contribution in [-0.4, -0.2) is 50.2 Å². The predicted molar refractivity (Wildman–Crippen MR) is 114 cm³/mol. The molecule has 1 aliphatic heterocycles. The molecule has 1 aromatic carbocycles. The summed E-state index contributed by atoms with van der Waals surface area (Å²) in [7, 11) is 0. The van der Waals surface area contributed by atoms with E-state index in [-0.39, 0.29) is 11.6 Å².